The van der Waals surface area contributed by atoms with Gasteiger partial charge in [-0.05, 0) is 97.1 Å². The number of aromatic nitrogens is 2. The molecule has 0 saturated heterocycles. The van der Waals surface area contributed by atoms with Gasteiger partial charge in [0.2, 0.25) is 5.91 Å². The normalized spacial score (nSPS) is 17.2. The van der Waals surface area contributed by atoms with E-state index in [1.54, 1.807) is 6.20 Å². The number of H-pyrrole nitrogens is 1. The van der Waals surface area contributed by atoms with Crippen LogP contribution in [0.25, 0.3) is 0 Å². The van der Waals surface area contributed by atoms with E-state index in [-0.39, 0.29) is 24.2 Å². The summed E-state index contributed by atoms with van der Waals surface area (Å²) in [7, 11) is 0. The molecule has 1 amide bonds. The lowest BCUT2D eigenvalue weighted by molar-refractivity contribution is -0.142. The number of rotatable bonds is 9. The Morgan fingerprint density at radius 1 is 0.946 bits per heavy atom. The number of fused-ring (bicyclic) bond motifs is 2. The second kappa shape index (κ2) is 11.3. The minimum Gasteiger partial charge on any atom is -0.480 e. The Kier molecular flexibility index (Phi) is 7.73. The number of carbonyl (C=O) groups excluding carboxylic acids is 1. The first kappa shape index (κ1) is 25.2. The van der Waals surface area contributed by atoms with E-state index in [0.717, 1.165) is 25.7 Å². The minimum absolute atomic E-state index is 0.0349. The number of carboxylic acids is 1. The van der Waals surface area contributed by atoms with Crippen molar-refractivity contribution in [1.82, 2.24) is 15.3 Å². The molecule has 3 unspecified atom stereocenters. The number of nitrogens with zero attached hydrogens (tertiary/aromatic N) is 1. The highest BCUT2D eigenvalue weighted by atomic mass is 16.4. The van der Waals surface area contributed by atoms with Gasteiger partial charge in [-0.2, -0.15) is 0 Å². The van der Waals surface area contributed by atoms with Gasteiger partial charge in [0.25, 0.3) is 0 Å². The quantitative estimate of drug-likeness (QED) is 0.389. The number of hydrogen-bond acceptors (Lipinski definition) is 3. The van der Waals surface area contributed by atoms with E-state index in [2.05, 4.69) is 58.6 Å². The van der Waals surface area contributed by atoms with Crippen molar-refractivity contribution >= 4 is 11.9 Å². The number of aryl methyl sites for hydroxylation is 2. The van der Waals surface area contributed by atoms with E-state index in [0.29, 0.717) is 12.1 Å². The van der Waals surface area contributed by atoms with E-state index in [4.69, 9.17) is 0 Å². The Bertz CT molecular complexity index is 1250. The minimum atomic E-state index is -1.04. The van der Waals surface area contributed by atoms with Crippen LogP contribution in [-0.4, -0.2) is 33.0 Å². The average molecular weight is 500 g/mol. The van der Waals surface area contributed by atoms with Gasteiger partial charge in [0, 0.05) is 18.5 Å². The third kappa shape index (κ3) is 5.63. The fraction of sp³-hybridized carbons (Fsp3) is 0.452. The molecule has 0 spiro atoms. The van der Waals surface area contributed by atoms with Gasteiger partial charge < -0.3 is 15.4 Å². The third-order valence-electron chi connectivity index (χ3n) is 8.38. The maximum absolute atomic E-state index is 13.9. The van der Waals surface area contributed by atoms with Crippen molar-refractivity contribution in [1.29, 1.82) is 0 Å². The number of carbonyl (C=O) groups is 2. The smallest absolute Gasteiger partial charge is 0.326 e. The molecule has 3 N–H and O–H groups in total. The molecule has 2 aliphatic carbocycles. The molecule has 37 heavy (non-hydrogen) atoms. The van der Waals surface area contributed by atoms with Gasteiger partial charge in [0.05, 0.1) is 12.0 Å². The van der Waals surface area contributed by atoms with Crippen LogP contribution in [0.1, 0.15) is 77.6 Å². The highest BCUT2D eigenvalue weighted by molar-refractivity contribution is 5.86. The van der Waals surface area contributed by atoms with Crippen LogP contribution in [0.2, 0.25) is 0 Å². The molecule has 1 aromatic heterocycles. The van der Waals surface area contributed by atoms with Crippen molar-refractivity contribution < 1.29 is 14.7 Å². The van der Waals surface area contributed by atoms with Gasteiger partial charge in [-0.1, -0.05) is 43.3 Å². The molecule has 0 fully saturated rings. The monoisotopic (exact) mass is 499 g/mol. The Morgan fingerprint density at radius 3 is 2.32 bits per heavy atom. The molecule has 2 aliphatic rings. The summed E-state index contributed by atoms with van der Waals surface area (Å²) >= 11 is 0. The number of carboxylic acid groups (broad SMARTS) is 1. The van der Waals surface area contributed by atoms with Crippen molar-refractivity contribution in [3.05, 3.63) is 88.0 Å². The predicted octanol–water partition coefficient (Wildman–Crippen LogP) is 4.94. The zero-order chi connectivity index (χ0) is 25.8. The molecule has 3 aromatic rings. The molecule has 6 heteroatoms. The maximum Gasteiger partial charge on any atom is 0.326 e. The molecule has 6 nitrogen and oxygen atoms in total. The van der Waals surface area contributed by atoms with Crippen LogP contribution in [0.5, 0.6) is 0 Å². The van der Waals surface area contributed by atoms with Gasteiger partial charge >= 0.3 is 5.97 Å². The SMILES string of the molecule is CC(c1cccc2c1CCCC2)C(Cc1cccc2c1CCCC2)C(=O)NC(Cc1c[nH]cn1)C(=O)O. The second-order valence-corrected chi connectivity index (χ2v) is 10.7. The largest absolute Gasteiger partial charge is 0.480 e. The molecule has 2 aromatic carbocycles. The van der Waals surface area contributed by atoms with Crippen LogP contribution in [-0.2, 0) is 48.1 Å². The molecule has 0 aliphatic heterocycles. The van der Waals surface area contributed by atoms with Gasteiger partial charge in [0.1, 0.15) is 6.04 Å². The number of amides is 1. The first-order chi connectivity index (χ1) is 18.0. The predicted molar refractivity (Wildman–Crippen MR) is 144 cm³/mol. The summed E-state index contributed by atoms with van der Waals surface area (Å²) in [5.41, 5.74) is 8.66. The van der Waals surface area contributed by atoms with Crippen LogP contribution in [0, 0.1) is 5.92 Å². The maximum atomic E-state index is 13.9. The zero-order valence-electron chi connectivity index (χ0n) is 21.6. The number of aromatic amines is 1. The van der Waals surface area contributed by atoms with E-state index in [1.807, 2.05) is 0 Å². The van der Waals surface area contributed by atoms with Crippen LogP contribution < -0.4 is 5.32 Å². The summed E-state index contributed by atoms with van der Waals surface area (Å²) < 4.78 is 0. The first-order valence-corrected chi connectivity index (χ1v) is 13.7. The average Bonchev–Trinajstić information content (AvgIpc) is 3.44. The molecule has 0 bridgehead atoms. The summed E-state index contributed by atoms with van der Waals surface area (Å²) in [5.74, 6) is -1.65. The summed E-state index contributed by atoms with van der Waals surface area (Å²) in [6, 6.07) is 12.0. The van der Waals surface area contributed by atoms with E-state index in [9.17, 15) is 14.7 Å². The Balaban J connectivity index is 1.47. The summed E-state index contributed by atoms with van der Waals surface area (Å²) in [6.07, 6.45) is 13.0. The molecule has 194 valence electrons. The van der Waals surface area contributed by atoms with Crippen LogP contribution in [0.4, 0.5) is 0 Å². The van der Waals surface area contributed by atoms with Crippen molar-refractivity contribution in [2.75, 3.05) is 0 Å². The lowest BCUT2D eigenvalue weighted by atomic mass is 9.76. The van der Waals surface area contributed by atoms with Crippen molar-refractivity contribution in [2.24, 2.45) is 5.92 Å². The number of aliphatic carboxylic acids is 1. The van der Waals surface area contributed by atoms with E-state index in [1.165, 1.54) is 65.4 Å². The number of imidazole rings is 1. The molecule has 5 rings (SSSR count). The number of benzene rings is 2. The standard InChI is InChI=1S/C31H37N3O3/c1-20(25-15-7-11-22-9-3-5-14-27(22)25)28(16-23-12-6-10-21-8-2-4-13-26(21)23)30(35)34-29(31(36)37)17-24-18-32-19-33-24/h6-7,10-12,15,18-20,28-29H,2-5,8-9,13-14,16-17H2,1H3,(H,32,33)(H,34,35)(H,36,37). The van der Waals surface area contributed by atoms with Gasteiger partial charge in [0.15, 0.2) is 0 Å². The molecule has 3 atom stereocenters. The second-order valence-electron chi connectivity index (χ2n) is 10.7. The lowest BCUT2D eigenvalue weighted by Crippen LogP contribution is -2.46. The van der Waals surface area contributed by atoms with Crippen molar-refractivity contribution in [3.63, 3.8) is 0 Å². The third-order valence-corrected chi connectivity index (χ3v) is 8.38. The molecule has 0 radical (unpaired) electrons. The molecule has 1 heterocycles. The van der Waals surface area contributed by atoms with Gasteiger partial charge in [-0.25, -0.2) is 9.78 Å². The Labute approximate surface area is 218 Å². The van der Waals surface area contributed by atoms with E-state index < -0.39 is 12.0 Å². The van der Waals surface area contributed by atoms with Crippen molar-refractivity contribution in [2.45, 2.75) is 83.1 Å². The molecule has 0 saturated carbocycles. The van der Waals surface area contributed by atoms with Gasteiger partial charge in [-0.15, -0.1) is 0 Å². The molecular formula is C31H37N3O3. The zero-order valence-corrected chi connectivity index (χ0v) is 21.6. The van der Waals surface area contributed by atoms with Crippen LogP contribution in [0.3, 0.4) is 0 Å². The fourth-order valence-electron chi connectivity index (χ4n) is 6.33. The fourth-order valence-corrected chi connectivity index (χ4v) is 6.33. The highest BCUT2D eigenvalue weighted by Crippen LogP contribution is 2.36. The summed E-state index contributed by atoms with van der Waals surface area (Å²) in [4.78, 5) is 33.1. The van der Waals surface area contributed by atoms with E-state index >= 15 is 0 Å². The van der Waals surface area contributed by atoms with Crippen molar-refractivity contribution in [3.8, 4) is 0 Å². The Hall–Kier alpha value is -3.41. The highest BCUT2D eigenvalue weighted by Gasteiger charge is 2.33. The Morgan fingerprint density at radius 2 is 1.62 bits per heavy atom. The summed E-state index contributed by atoms with van der Waals surface area (Å²) in [6.45, 7) is 2.15. The van der Waals surface area contributed by atoms with Crippen LogP contribution in [0.15, 0.2) is 48.9 Å². The van der Waals surface area contributed by atoms with Gasteiger partial charge in [-0.3, -0.25) is 4.79 Å². The number of nitrogens with one attached hydrogen (secondary N) is 2. The first-order valence-electron chi connectivity index (χ1n) is 13.7. The lowest BCUT2D eigenvalue weighted by Gasteiger charge is -2.30. The van der Waals surface area contributed by atoms with Crippen LogP contribution >= 0.6 is 0 Å². The summed E-state index contributed by atoms with van der Waals surface area (Å²) in [5, 5.41) is 12.8. The number of hydrogen-bond donors (Lipinski definition) is 3. The molecular weight excluding hydrogens is 462 g/mol. The topological polar surface area (TPSA) is 95.1 Å².